The number of amides is 1. The second-order valence-corrected chi connectivity index (χ2v) is 6.89. The highest BCUT2D eigenvalue weighted by atomic mass is 35.5. The van der Waals surface area contributed by atoms with Gasteiger partial charge in [0.1, 0.15) is 11.4 Å². The largest absolute Gasteiger partial charge is 0.444 e. The molecule has 1 amide bonds. The van der Waals surface area contributed by atoms with Crippen LogP contribution in [-0.4, -0.2) is 17.5 Å². The first-order valence-corrected chi connectivity index (χ1v) is 7.33. The standard InChI is InChI=1S/C16H20ClNO3/c1-10(19)16(7-8-16)12-9-11(17)5-6-13(12)18-14(20)21-15(2,3)4/h5-6,9H,7-8H2,1-4H3,(H,18,20). The molecule has 1 aliphatic carbocycles. The molecule has 1 N–H and O–H groups in total. The molecule has 1 aromatic rings. The Morgan fingerprint density at radius 3 is 2.38 bits per heavy atom. The lowest BCUT2D eigenvalue weighted by Crippen LogP contribution is -2.28. The highest BCUT2D eigenvalue weighted by Gasteiger charge is 2.50. The first-order chi connectivity index (χ1) is 9.64. The summed E-state index contributed by atoms with van der Waals surface area (Å²) in [6, 6.07) is 5.15. The van der Waals surface area contributed by atoms with Gasteiger partial charge >= 0.3 is 6.09 Å². The Bertz CT molecular complexity index is 586. The molecule has 1 saturated carbocycles. The van der Waals surface area contributed by atoms with E-state index in [1.165, 1.54) is 0 Å². The number of ketones is 1. The monoisotopic (exact) mass is 309 g/mol. The molecule has 1 aliphatic rings. The van der Waals surface area contributed by atoms with Crippen molar-refractivity contribution in [1.82, 2.24) is 0 Å². The van der Waals surface area contributed by atoms with Gasteiger partial charge < -0.3 is 4.74 Å². The van der Waals surface area contributed by atoms with Crippen molar-refractivity contribution in [3.05, 3.63) is 28.8 Å². The third-order valence-electron chi connectivity index (χ3n) is 3.56. The van der Waals surface area contributed by atoms with E-state index < -0.39 is 17.1 Å². The molecule has 5 heteroatoms. The number of hydrogen-bond donors (Lipinski definition) is 1. The van der Waals surface area contributed by atoms with Crippen LogP contribution in [0.1, 0.15) is 46.1 Å². The Kier molecular flexibility index (Phi) is 4.02. The maximum absolute atomic E-state index is 11.9. The van der Waals surface area contributed by atoms with Crippen LogP contribution in [0.4, 0.5) is 10.5 Å². The van der Waals surface area contributed by atoms with Crippen LogP contribution in [0.15, 0.2) is 18.2 Å². The summed E-state index contributed by atoms with van der Waals surface area (Å²) < 4.78 is 5.25. The summed E-state index contributed by atoms with van der Waals surface area (Å²) in [5.74, 6) is 0.0944. The Hall–Kier alpha value is -1.55. The summed E-state index contributed by atoms with van der Waals surface area (Å²) in [6.45, 7) is 6.97. The number of halogens is 1. The van der Waals surface area contributed by atoms with Crippen LogP contribution in [0.5, 0.6) is 0 Å². The number of carbonyl (C=O) groups excluding carboxylic acids is 2. The van der Waals surface area contributed by atoms with Crippen molar-refractivity contribution >= 4 is 29.2 Å². The molecule has 0 unspecified atom stereocenters. The molecule has 2 rings (SSSR count). The Morgan fingerprint density at radius 2 is 1.90 bits per heavy atom. The second kappa shape index (κ2) is 5.34. The topological polar surface area (TPSA) is 55.4 Å². The molecule has 0 atom stereocenters. The van der Waals surface area contributed by atoms with Gasteiger partial charge in [0.25, 0.3) is 0 Å². The van der Waals surface area contributed by atoms with Gasteiger partial charge in [0, 0.05) is 10.7 Å². The van der Waals surface area contributed by atoms with E-state index in [1.54, 1.807) is 45.9 Å². The van der Waals surface area contributed by atoms with Gasteiger partial charge in [0.2, 0.25) is 0 Å². The minimum atomic E-state index is -0.575. The number of hydrogen-bond acceptors (Lipinski definition) is 3. The van der Waals surface area contributed by atoms with Crippen molar-refractivity contribution in [1.29, 1.82) is 0 Å². The summed E-state index contributed by atoms with van der Waals surface area (Å²) in [7, 11) is 0. The summed E-state index contributed by atoms with van der Waals surface area (Å²) in [4.78, 5) is 23.9. The van der Waals surface area contributed by atoms with Gasteiger partial charge in [-0.3, -0.25) is 10.1 Å². The first kappa shape index (κ1) is 15.8. The van der Waals surface area contributed by atoms with Gasteiger partial charge in [-0.1, -0.05) is 11.6 Å². The van der Waals surface area contributed by atoms with E-state index in [4.69, 9.17) is 16.3 Å². The van der Waals surface area contributed by atoms with Crippen LogP contribution >= 0.6 is 11.6 Å². The van der Waals surface area contributed by atoms with E-state index in [-0.39, 0.29) is 5.78 Å². The first-order valence-electron chi connectivity index (χ1n) is 6.95. The molecular weight excluding hydrogens is 290 g/mol. The fourth-order valence-corrected chi connectivity index (χ4v) is 2.54. The molecule has 0 radical (unpaired) electrons. The molecule has 1 fully saturated rings. The maximum atomic E-state index is 11.9. The van der Waals surface area contributed by atoms with E-state index in [0.29, 0.717) is 10.7 Å². The SMILES string of the molecule is CC(=O)C1(c2cc(Cl)ccc2NC(=O)OC(C)(C)C)CC1. The van der Waals surface area contributed by atoms with E-state index >= 15 is 0 Å². The van der Waals surface area contributed by atoms with Crippen LogP contribution in [0, 0.1) is 0 Å². The smallest absolute Gasteiger partial charge is 0.412 e. The molecule has 0 saturated heterocycles. The number of carbonyl (C=O) groups is 2. The Balaban J connectivity index is 2.29. The van der Waals surface area contributed by atoms with Gasteiger partial charge in [-0.25, -0.2) is 4.79 Å². The molecule has 0 heterocycles. The average molecular weight is 310 g/mol. The van der Waals surface area contributed by atoms with Crippen molar-refractivity contribution in [2.75, 3.05) is 5.32 Å². The molecule has 0 aliphatic heterocycles. The van der Waals surface area contributed by atoms with Gasteiger partial charge in [-0.15, -0.1) is 0 Å². The minimum Gasteiger partial charge on any atom is -0.444 e. The van der Waals surface area contributed by atoms with E-state index in [2.05, 4.69) is 5.32 Å². The average Bonchev–Trinajstić information content (AvgIpc) is 3.10. The van der Waals surface area contributed by atoms with E-state index in [0.717, 1.165) is 18.4 Å². The summed E-state index contributed by atoms with van der Waals surface area (Å²) in [5, 5.41) is 3.27. The molecule has 4 nitrogen and oxygen atoms in total. The molecule has 0 bridgehead atoms. The fraction of sp³-hybridized carbons (Fsp3) is 0.500. The zero-order chi connectivity index (χ0) is 15.8. The molecule has 1 aromatic carbocycles. The maximum Gasteiger partial charge on any atom is 0.412 e. The third kappa shape index (κ3) is 3.56. The quantitative estimate of drug-likeness (QED) is 0.905. The Morgan fingerprint density at radius 1 is 1.29 bits per heavy atom. The summed E-state index contributed by atoms with van der Waals surface area (Å²) in [5.41, 5.74) is 0.277. The molecular formula is C16H20ClNO3. The van der Waals surface area contributed by atoms with Gasteiger partial charge in [-0.2, -0.15) is 0 Å². The number of anilines is 1. The van der Waals surface area contributed by atoms with Crippen molar-refractivity contribution < 1.29 is 14.3 Å². The van der Waals surface area contributed by atoms with E-state index in [1.807, 2.05) is 0 Å². The predicted octanol–water partition coefficient (Wildman–Crippen LogP) is 4.31. The molecule has 0 spiro atoms. The van der Waals surface area contributed by atoms with Crippen molar-refractivity contribution in [2.45, 2.75) is 51.6 Å². The van der Waals surface area contributed by atoms with Crippen LogP contribution in [0.25, 0.3) is 0 Å². The van der Waals surface area contributed by atoms with Gasteiger partial charge in [-0.05, 0) is 64.3 Å². The lowest BCUT2D eigenvalue weighted by molar-refractivity contribution is -0.119. The fourth-order valence-electron chi connectivity index (χ4n) is 2.37. The van der Waals surface area contributed by atoms with Gasteiger partial charge in [0.15, 0.2) is 0 Å². The normalized spacial score (nSPS) is 16.2. The molecule has 114 valence electrons. The zero-order valence-electron chi connectivity index (χ0n) is 12.7. The lowest BCUT2D eigenvalue weighted by Gasteiger charge is -2.22. The van der Waals surface area contributed by atoms with Crippen LogP contribution in [-0.2, 0) is 14.9 Å². The van der Waals surface area contributed by atoms with Crippen LogP contribution < -0.4 is 5.32 Å². The van der Waals surface area contributed by atoms with Gasteiger partial charge in [0.05, 0.1) is 5.41 Å². The summed E-state index contributed by atoms with van der Waals surface area (Å²) >= 11 is 6.04. The zero-order valence-corrected chi connectivity index (χ0v) is 13.5. The lowest BCUT2D eigenvalue weighted by atomic mass is 9.90. The highest BCUT2D eigenvalue weighted by Crippen LogP contribution is 2.51. The van der Waals surface area contributed by atoms with Crippen LogP contribution in [0.2, 0.25) is 5.02 Å². The highest BCUT2D eigenvalue weighted by molar-refractivity contribution is 6.30. The number of nitrogens with one attached hydrogen (secondary N) is 1. The third-order valence-corrected chi connectivity index (χ3v) is 3.79. The number of ether oxygens (including phenoxy) is 1. The second-order valence-electron chi connectivity index (χ2n) is 6.46. The van der Waals surface area contributed by atoms with Crippen molar-refractivity contribution in [3.8, 4) is 0 Å². The molecule has 0 aromatic heterocycles. The van der Waals surface area contributed by atoms with Crippen molar-refractivity contribution in [3.63, 3.8) is 0 Å². The number of benzene rings is 1. The van der Waals surface area contributed by atoms with Crippen LogP contribution in [0.3, 0.4) is 0 Å². The predicted molar refractivity (Wildman–Crippen MR) is 82.9 cm³/mol. The number of rotatable bonds is 3. The van der Waals surface area contributed by atoms with Crippen molar-refractivity contribution in [2.24, 2.45) is 0 Å². The molecule has 21 heavy (non-hydrogen) atoms. The van der Waals surface area contributed by atoms with E-state index in [9.17, 15) is 9.59 Å². The number of Topliss-reactive ketones (excluding diaryl/α,β-unsaturated/α-hetero) is 1. The minimum absolute atomic E-state index is 0.0944. The Labute approximate surface area is 129 Å². The summed E-state index contributed by atoms with van der Waals surface area (Å²) in [6.07, 6.45) is 1.03.